The van der Waals surface area contributed by atoms with Crippen LogP contribution in [-0.4, -0.2) is 28.1 Å². The summed E-state index contributed by atoms with van der Waals surface area (Å²) in [6, 6.07) is 10.9. The van der Waals surface area contributed by atoms with Crippen molar-refractivity contribution in [2.45, 2.75) is 40.3 Å². The third kappa shape index (κ3) is 5.33. The van der Waals surface area contributed by atoms with Crippen LogP contribution in [0.2, 0.25) is 0 Å². The summed E-state index contributed by atoms with van der Waals surface area (Å²) < 4.78 is 24.1. The molecule has 3 rings (SSSR count). The van der Waals surface area contributed by atoms with Crippen LogP contribution in [0.3, 0.4) is 0 Å². The number of carbonyl (C=O) groups is 2. The number of hydrogen-bond donors (Lipinski definition) is 1. The molecule has 8 heteroatoms. The zero-order chi connectivity index (χ0) is 22.5. The highest BCUT2D eigenvalue weighted by molar-refractivity contribution is 5.98. The van der Waals surface area contributed by atoms with E-state index in [0.717, 1.165) is 5.56 Å². The number of esters is 1. The number of nitrogens with zero attached hydrogens (tertiary/aromatic N) is 2. The monoisotopic (exact) mass is 425 g/mol. The van der Waals surface area contributed by atoms with Gasteiger partial charge in [-0.15, -0.1) is 0 Å². The summed E-state index contributed by atoms with van der Waals surface area (Å²) in [5, 5.41) is 6.53. The van der Waals surface area contributed by atoms with Crippen molar-refractivity contribution in [2.75, 3.05) is 0 Å². The van der Waals surface area contributed by atoms with E-state index in [2.05, 4.69) is 15.5 Å². The molecule has 0 aliphatic rings. The normalized spacial score (nSPS) is 11.9. The Balaban J connectivity index is 1.64. The maximum absolute atomic E-state index is 13.8. The lowest BCUT2D eigenvalue weighted by atomic mass is 10.0. The van der Waals surface area contributed by atoms with Crippen molar-refractivity contribution < 1.29 is 23.2 Å². The number of halogens is 1. The molecule has 1 aromatic heterocycles. The van der Waals surface area contributed by atoms with Gasteiger partial charge in [-0.1, -0.05) is 49.3 Å². The van der Waals surface area contributed by atoms with Crippen molar-refractivity contribution >= 4 is 11.9 Å². The molecule has 3 aromatic rings. The number of benzene rings is 2. The Labute approximate surface area is 179 Å². The predicted molar refractivity (Wildman–Crippen MR) is 111 cm³/mol. The summed E-state index contributed by atoms with van der Waals surface area (Å²) in [5.74, 6) is -1.28. The zero-order valence-electron chi connectivity index (χ0n) is 17.8. The van der Waals surface area contributed by atoms with Gasteiger partial charge in [0.1, 0.15) is 11.9 Å². The second kappa shape index (κ2) is 9.51. The molecule has 0 saturated heterocycles. The van der Waals surface area contributed by atoms with E-state index in [1.807, 2.05) is 19.1 Å². The first-order valence-electron chi connectivity index (χ1n) is 9.88. The van der Waals surface area contributed by atoms with Gasteiger partial charge in [0.25, 0.3) is 11.8 Å². The molecule has 31 heavy (non-hydrogen) atoms. The number of carbonyl (C=O) groups excluding carboxylic acids is 2. The Morgan fingerprint density at radius 1 is 1.13 bits per heavy atom. The van der Waals surface area contributed by atoms with Crippen LogP contribution in [0.4, 0.5) is 4.39 Å². The molecule has 0 bridgehead atoms. The van der Waals surface area contributed by atoms with E-state index in [-0.39, 0.29) is 36.0 Å². The van der Waals surface area contributed by atoms with Gasteiger partial charge in [0, 0.05) is 11.1 Å². The zero-order valence-corrected chi connectivity index (χ0v) is 17.8. The summed E-state index contributed by atoms with van der Waals surface area (Å²) in [5.41, 5.74) is 2.26. The highest BCUT2D eigenvalue weighted by Crippen LogP contribution is 2.19. The standard InChI is InChI=1S/C23H24FN3O4/c1-13(2)20(26-22(28)17-8-6-5-7-14(17)3)23(29)30-12-19-25-21(27-31-19)16-10-9-15(4)18(24)11-16/h5-11,13,20H,12H2,1-4H3,(H,26,28)/t20-/m0/s1. The average Bonchev–Trinajstić information content (AvgIpc) is 3.21. The second-order valence-electron chi connectivity index (χ2n) is 7.59. The number of aromatic nitrogens is 2. The molecule has 1 heterocycles. The summed E-state index contributed by atoms with van der Waals surface area (Å²) >= 11 is 0. The van der Waals surface area contributed by atoms with Gasteiger partial charge in [-0.25, -0.2) is 9.18 Å². The minimum Gasteiger partial charge on any atom is -0.454 e. The highest BCUT2D eigenvalue weighted by atomic mass is 19.1. The second-order valence-corrected chi connectivity index (χ2v) is 7.59. The van der Waals surface area contributed by atoms with Crippen molar-refractivity contribution in [1.82, 2.24) is 15.5 Å². The first-order chi connectivity index (χ1) is 14.8. The molecule has 0 unspecified atom stereocenters. The maximum atomic E-state index is 13.8. The minimum atomic E-state index is -0.847. The smallest absolute Gasteiger partial charge is 0.329 e. The molecule has 0 aliphatic heterocycles. The van der Waals surface area contributed by atoms with Gasteiger partial charge >= 0.3 is 5.97 Å². The largest absolute Gasteiger partial charge is 0.454 e. The van der Waals surface area contributed by atoms with E-state index < -0.39 is 12.0 Å². The number of amides is 1. The van der Waals surface area contributed by atoms with Crippen molar-refractivity contribution in [2.24, 2.45) is 5.92 Å². The third-order valence-corrected chi connectivity index (χ3v) is 4.83. The highest BCUT2D eigenvalue weighted by Gasteiger charge is 2.27. The van der Waals surface area contributed by atoms with Crippen LogP contribution < -0.4 is 5.32 Å². The van der Waals surface area contributed by atoms with Crippen LogP contribution in [0, 0.1) is 25.6 Å². The van der Waals surface area contributed by atoms with Gasteiger partial charge in [-0.05, 0) is 43.0 Å². The Bertz CT molecular complexity index is 1090. The van der Waals surface area contributed by atoms with E-state index >= 15 is 0 Å². The van der Waals surface area contributed by atoms with Crippen molar-refractivity contribution in [3.8, 4) is 11.4 Å². The molecule has 1 atom stereocenters. The number of hydrogen-bond acceptors (Lipinski definition) is 6. The summed E-state index contributed by atoms with van der Waals surface area (Å²) in [6.45, 7) is 6.83. The number of rotatable bonds is 7. The van der Waals surface area contributed by atoms with Crippen LogP contribution >= 0.6 is 0 Å². The lowest BCUT2D eigenvalue weighted by molar-refractivity contribution is -0.149. The molecule has 0 fully saturated rings. The van der Waals surface area contributed by atoms with E-state index in [4.69, 9.17) is 9.26 Å². The molecule has 0 radical (unpaired) electrons. The number of ether oxygens (including phenoxy) is 1. The summed E-state index contributed by atoms with van der Waals surface area (Å²) in [6.07, 6.45) is 0. The maximum Gasteiger partial charge on any atom is 0.329 e. The van der Waals surface area contributed by atoms with Gasteiger partial charge < -0.3 is 14.6 Å². The van der Waals surface area contributed by atoms with E-state index in [0.29, 0.717) is 16.7 Å². The fourth-order valence-corrected chi connectivity index (χ4v) is 2.93. The molecule has 162 valence electrons. The van der Waals surface area contributed by atoms with E-state index in [1.165, 1.54) is 6.07 Å². The van der Waals surface area contributed by atoms with Gasteiger partial charge in [-0.2, -0.15) is 4.98 Å². The van der Waals surface area contributed by atoms with Crippen molar-refractivity contribution in [3.05, 3.63) is 70.9 Å². The topological polar surface area (TPSA) is 94.3 Å². The van der Waals surface area contributed by atoms with Crippen LogP contribution in [-0.2, 0) is 16.1 Å². The van der Waals surface area contributed by atoms with Gasteiger partial charge in [0.15, 0.2) is 6.61 Å². The number of nitrogens with one attached hydrogen (secondary N) is 1. The first kappa shape index (κ1) is 22.1. The van der Waals surface area contributed by atoms with Crippen molar-refractivity contribution in [3.63, 3.8) is 0 Å². The molecular formula is C23H24FN3O4. The van der Waals surface area contributed by atoms with Gasteiger partial charge in [-0.3, -0.25) is 4.79 Å². The molecule has 1 N–H and O–H groups in total. The summed E-state index contributed by atoms with van der Waals surface area (Å²) in [7, 11) is 0. The Kier molecular flexibility index (Phi) is 6.79. The fraction of sp³-hybridized carbons (Fsp3) is 0.304. The van der Waals surface area contributed by atoms with Crippen LogP contribution in [0.15, 0.2) is 47.0 Å². The Hall–Kier alpha value is -3.55. The molecule has 0 aliphatic carbocycles. The van der Waals surface area contributed by atoms with Gasteiger partial charge in [0.2, 0.25) is 5.82 Å². The quantitative estimate of drug-likeness (QED) is 0.575. The fourth-order valence-electron chi connectivity index (χ4n) is 2.93. The Morgan fingerprint density at radius 3 is 2.55 bits per heavy atom. The van der Waals surface area contributed by atoms with Crippen molar-refractivity contribution in [1.29, 1.82) is 0 Å². The predicted octanol–water partition coefficient (Wildman–Crippen LogP) is 3.99. The molecule has 7 nitrogen and oxygen atoms in total. The molecular weight excluding hydrogens is 401 g/mol. The third-order valence-electron chi connectivity index (χ3n) is 4.83. The number of aryl methyl sites for hydroxylation is 2. The average molecular weight is 425 g/mol. The van der Waals surface area contributed by atoms with E-state index in [9.17, 15) is 14.0 Å². The Morgan fingerprint density at radius 2 is 1.87 bits per heavy atom. The molecule has 1 amide bonds. The minimum absolute atomic E-state index is 0.0667. The lowest BCUT2D eigenvalue weighted by Gasteiger charge is -2.21. The SMILES string of the molecule is Cc1ccc(-c2noc(COC(=O)[C@@H](NC(=O)c3ccccc3C)C(C)C)n2)cc1F. The first-order valence-corrected chi connectivity index (χ1v) is 9.88. The van der Waals surface area contributed by atoms with Gasteiger partial charge in [0.05, 0.1) is 0 Å². The molecule has 0 spiro atoms. The van der Waals surface area contributed by atoms with E-state index in [1.54, 1.807) is 45.0 Å². The summed E-state index contributed by atoms with van der Waals surface area (Å²) in [4.78, 5) is 29.3. The molecule has 0 saturated carbocycles. The van der Waals surface area contributed by atoms with Crippen LogP contribution in [0.25, 0.3) is 11.4 Å². The molecule has 2 aromatic carbocycles. The van der Waals surface area contributed by atoms with Crippen LogP contribution in [0.5, 0.6) is 0 Å². The lowest BCUT2D eigenvalue weighted by Crippen LogP contribution is -2.45. The van der Waals surface area contributed by atoms with Crippen LogP contribution in [0.1, 0.15) is 41.2 Å².